The SMILES string of the molecule is Cc1cc(OCc2cc(Br)cc(-c3ccc(C(F)(F)F)cc3)c2)ccc1OCC(=O)O. The molecule has 0 aliphatic carbocycles. The van der Waals surface area contributed by atoms with Crippen LogP contribution in [0.4, 0.5) is 13.2 Å². The Kier molecular flexibility index (Phi) is 6.90. The quantitative estimate of drug-likeness (QED) is 0.408. The van der Waals surface area contributed by atoms with E-state index in [9.17, 15) is 18.0 Å². The second kappa shape index (κ2) is 9.43. The van der Waals surface area contributed by atoms with Gasteiger partial charge in [-0.1, -0.05) is 28.1 Å². The smallest absolute Gasteiger partial charge is 0.416 e. The lowest BCUT2D eigenvalue weighted by molar-refractivity contribution is -0.139. The first kappa shape index (κ1) is 22.7. The highest BCUT2D eigenvalue weighted by Crippen LogP contribution is 2.32. The van der Waals surface area contributed by atoms with Crippen molar-refractivity contribution in [2.45, 2.75) is 19.7 Å². The summed E-state index contributed by atoms with van der Waals surface area (Å²) in [7, 11) is 0. The third-order valence-electron chi connectivity index (χ3n) is 4.41. The van der Waals surface area contributed by atoms with Crippen LogP contribution < -0.4 is 9.47 Å². The highest BCUT2D eigenvalue weighted by molar-refractivity contribution is 9.10. The zero-order chi connectivity index (χ0) is 22.6. The molecule has 0 aliphatic rings. The highest BCUT2D eigenvalue weighted by Gasteiger charge is 2.29. The Morgan fingerprint density at radius 1 is 0.968 bits per heavy atom. The number of aryl methyl sites for hydroxylation is 1. The van der Waals surface area contributed by atoms with Crippen LogP contribution in [0.1, 0.15) is 16.7 Å². The second-order valence-electron chi connectivity index (χ2n) is 6.82. The third kappa shape index (κ3) is 6.24. The van der Waals surface area contributed by atoms with Gasteiger partial charge in [0.05, 0.1) is 5.56 Å². The zero-order valence-electron chi connectivity index (χ0n) is 16.4. The molecule has 0 aromatic heterocycles. The number of ether oxygens (including phenoxy) is 2. The summed E-state index contributed by atoms with van der Waals surface area (Å²) in [6, 6.07) is 15.6. The first-order chi connectivity index (χ1) is 14.6. The molecule has 3 aromatic carbocycles. The maximum atomic E-state index is 12.8. The molecule has 0 fully saturated rings. The molecule has 4 nitrogen and oxygen atoms in total. The van der Waals surface area contributed by atoms with Gasteiger partial charge in [-0.3, -0.25) is 0 Å². The molecular formula is C23H18BrF3O4. The third-order valence-corrected chi connectivity index (χ3v) is 4.86. The maximum absolute atomic E-state index is 12.8. The Bertz CT molecular complexity index is 1080. The summed E-state index contributed by atoms with van der Waals surface area (Å²) < 4.78 is 50.1. The number of benzene rings is 3. The summed E-state index contributed by atoms with van der Waals surface area (Å²) in [6.45, 7) is 1.60. The standard InChI is InChI=1S/C23H18BrF3O4/c1-14-8-20(6-7-21(14)31-13-22(28)29)30-12-15-9-17(11-19(24)10-15)16-2-4-18(5-3-16)23(25,26)27/h2-11H,12-13H2,1H3,(H,28,29). The number of rotatable bonds is 7. The van der Waals surface area contributed by atoms with Crippen LogP contribution in [-0.2, 0) is 17.6 Å². The molecule has 0 saturated carbocycles. The van der Waals surface area contributed by atoms with E-state index in [4.69, 9.17) is 14.6 Å². The first-order valence-electron chi connectivity index (χ1n) is 9.17. The normalized spacial score (nSPS) is 11.3. The van der Waals surface area contributed by atoms with Gasteiger partial charge in [-0.25, -0.2) is 4.79 Å². The van der Waals surface area contributed by atoms with Crippen LogP contribution in [0.5, 0.6) is 11.5 Å². The predicted octanol–water partition coefficient (Wildman–Crippen LogP) is 6.49. The number of hydrogen-bond donors (Lipinski definition) is 1. The largest absolute Gasteiger partial charge is 0.489 e. The molecule has 0 spiro atoms. The van der Waals surface area contributed by atoms with Crippen molar-refractivity contribution < 1.29 is 32.5 Å². The molecule has 1 N–H and O–H groups in total. The zero-order valence-corrected chi connectivity index (χ0v) is 18.0. The minimum absolute atomic E-state index is 0.238. The fraction of sp³-hybridized carbons (Fsp3) is 0.174. The molecule has 0 atom stereocenters. The molecular weight excluding hydrogens is 477 g/mol. The Hall–Kier alpha value is -3.00. The summed E-state index contributed by atoms with van der Waals surface area (Å²) in [4.78, 5) is 10.6. The van der Waals surface area contributed by atoms with E-state index in [0.29, 0.717) is 17.1 Å². The van der Waals surface area contributed by atoms with E-state index in [1.54, 1.807) is 25.1 Å². The van der Waals surface area contributed by atoms with Crippen molar-refractivity contribution in [3.05, 3.63) is 81.8 Å². The van der Waals surface area contributed by atoms with Gasteiger partial charge in [-0.2, -0.15) is 13.2 Å². The van der Waals surface area contributed by atoms with Crippen molar-refractivity contribution in [1.29, 1.82) is 0 Å². The number of alkyl halides is 3. The fourth-order valence-corrected chi connectivity index (χ4v) is 3.47. The van der Waals surface area contributed by atoms with Crippen molar-refractivity contribution in [3.63, 3.8) is 0 Å². The van der Waals surface area contributed by atoms with Gasteiger partial charge in [0.1, 0.15) is 18.1 Å². The fourth-order valence-electron chi connectivity index (χ4n) is 2.93. The molecule has 0 amide bonds. The molecule has 3 aromatic rings. The summed E-state index contributed by atoms with van der Waals surface area (Å²) in [5.74, 6) is -0.0174. The molecule has 0 unspecified atom stereocenters. The number of aliphatic carboxylic acids is 1. The van der Waals surface area contributed by atoms with Gasteiger partial charge < -0.3 is 14.6 Å². The van der Waals surface area contributed by atoms with Crippen molar-refractivity contribution in [2.75, 3.05) is 6.61 Å². The Morgan fingerprint density at radius 2 is 1.68 bits per heavy atom. The average molecular weight is 495 g/mol. The Balaban J connectivity index is 1.72. The van der Waals surface area contributed by atoms with Gasteiger partial charge in [-0.15, -0.1) is 0 Å². The lowest BCUT2D eigenvalue weighted by Gasteiger charge is -2.12. The van der Waals surface area contributed by atoms with Crippen LogP contribution in [0.25, 0.3) is 11.1 Å². The second-order valence-corrected chi connectivity index (χ2v) is 7.74. The van der Waals surface area contributed by atoms with Crippen molar-refractivity contribution >= 4 is 21.9 Å². The van der Waals surface area contributed by atoms with Gasteiger partial charge in [0.2, 0.25) is 0 Å². The minimum Gasteiger partial charge on any atom is -0.489 e. The Labute approximate surface area is 185 Å². The minimum atomic E-state index is -4.37. The van der Waals surface area contributed by atoms with Crippen LogP contribution in [-0.4, -0.2) is 17.7 Å². The monoisotopic (exact) mass is 494 g/mol. The molecule has 0 saturated heterocycles. The molecule has 0 aliphatic heterocycles. The summed E-state index contributed by atoms with van der Waals surface area (Å²) >= 11 is 3.43. The molecule has 3 rings (SSSR count). The summed E-state index contributed by atoms with van der Waals surface area (Å²) in [6.07, 6.45) is -4.37. The molecule has 31 heavy (non-hydrogen) atoms. The molecule has 0 bridgehead atoms. The lowest BCUT2D eigenvalue weighted by Crippen LogP contribution is -2.10. The van der Waals surface area contributed by atoms with Crippen molar-refractivity contribution in [1.82, 2.24) is 0 Å². The lowest BCUT2D eigenvalue weighted by atomic mass is 10.0. The van der Waals surface area contributed by atoms with Crippen molar-refractivity contribution in [3.8, 4) is 22.6 Å². The van der Waals surface area contributed by atoms with Crippen LogP contribution in [0.2, 0.25) is 0 Å². The van der Waals surface area contributed by atoms with E-state index in [1.807, 2.05) is 18.2 Å². The molecule has 162 valence electrons. The number of carbonyl (C=O) groups is 1. The molecule has 8 heteroatoms. The van der Waals surface area contributed by atoms with Crippen LogP contribution in [0.3, 0.4) is 0 Å². The van der Waals surface area contributed by atoms with E-state index in [2.05, 4.69) is 15.9 Å². The van der Waals surface area contributed by atoms with Gasteiger partial charge in [0, 0.05) is 4.47 Å². The average Bonchev–Trinajstić information content (AvgIpc) is 2.70. The first-order valence-corrected chi connectivity index (χ1v) is 9.96. The van der Waals surface area contributed by atoms with Gasteiger partial charge >= 0.3 is 12.1 Å². The number of carboxylic acid groups (broad SMARTS) is 1. The highest BCUT2D eigenvalue weighted by atomic mass is 79.9. The van der Waals surface area contributed by atoms with E-state index < -0.39 is 24.3 Å². The molecule has 0 radical (unpaired) electrons. The summed E-state index contributed by atoms with van der Waals surface area (Å²) in [5, 5.41) is 8.70. The van der Waals surface area contributed by atoms with E-state index in [-0.39, 0.29) is 6.61 Å². The van der Waals surface area contributed by atoms with Gasteiger partial charge in [-0.05, 0) is 77.7 Å². The number of halogens is 4. The predicted molar refractivity (Wildman–Crippen MR) is 113 cm³/mol. The number of carboxylic acids is 1. The Morgan fingerprint density at radius 3 is 2.29 bits per heavy atom. The topological polar surface area (TPSA) is 55.8 Å². The van der Waals surface area contributed by atoms with E-state index >= 15 is 0 Å². The van der Waals surface area contributed by atoms with Gasteiger partial charge in [0.25, 0.3) is 0 Å². The van der Waals surface area contributed by atoms with Gasteiger partial charge in [0.15, 0.2) is 6.61 Å². The molecule has 0 heterocycles. The van der Waals surface area contributed by atoms with Crippen molar-refractivity contribution in [2.24, 2.45) is 0 Å². The summed E-state index contributed by atoms with van der Waals surface area (Å²) in [5.41, 5.74) is 2.29. The van der Waals surface area contributed by atoms with E-state index in [0.717, 1.165) is 33.3 Å². The van der Waals surface area contributed by atoms with Crippen LogP contribution in [0, 0.1) is 6.92 Å². The number of hydrogen-bond acceptors (Lipinski definition) is 3. The van der Waals surface area contributed by atoms with Crippen LogP contribution >= 0.6 is 15.9 Å². The van der Waals surface area contributed by atoms with Crippen LogP contribution in [0.15, 0.2) is 65.1 Å². The maximum Gasteiger partial charge on any atom is 0.416 e. The van der Waals surface area contributed by atoms with E-state index in [1.165, 1.54) is 12.1 Å².